The molecular weight excluding hydrogens is 499 g/mol. The number of aliphatic hydroxyl groups is 1. The van der Waals surface area contributed by atoms with Gasteiger partial charge in [0.25, 0.3) is 5.56 Å². The summed E-state index contributed by atoms with van der Waals surface area (Å²) in [4.78, 5) is 29.7. The van der Waals surface area contributed by atoms with E-state index in [0.717, 1.165) is 6.20 Å². The zero-order valence-corrected chi connectivity index (χ0v) is 21.7. The van der Waals surface area contributed by atoms with Gasteiger partial charge in [-0.3, -0.25) is 19.3 Å². The topological polar surface area (TPSA) is 103 Å². The fourth-order valence-corrected chi connectivity index (χ4v) is 3.97. The van der Waals surface area contributed by atoms with E-state index in [1.165, 1.54) is 56.8 Å². The maximum Gasteiger partial charge on any atom is 0.262 e. The SMILES string of the molecule is Cc1cnc(-c2ccnc(C(C)(C)O)n2)c(F)c1-n1c(C)cc(OC(C)c2ncc(F)cc2F)c(C)c1=O. The minimum absolute atomic E-state index is 0.0186. The van der Waals surface area contributed by atoms with Gasteiger partial charge in [0.05, 0.1) is 23.1 Å². The predicted octanol–water partition coefficient (Wildman–Crippen LogP) is 4.79. The molecular formula is C27H26F3N5O3. The van der Waals surface area contributed by atoms with Crippen LogP contribution in [-0.2, 0) is 5.60 Å². The van der Waals surface area contributed by atoms with E-state index < -0.39 is 34.7 Å². The molecule has 0 fully saturated rings. The summed E-state index contributed by atoms with van der Waals surface area (Å²) in [5.41, 5.74) is -1.15. The number of pyridine rings is 3. The highest BCUT2D eigenvalue weighted by atomic mass is 19.1. The molecule has 198 valence electrons. The Kier molecular flexibility index (Phi) is 7.07. The van der Waals surface area contributed by atoms with E-state index >= 15 is 4.39 Å². The quantitative estimate of drug-likeness (QED) is 0.386. The molecule has 0 amide bonds. The Bertz CT molecular complexity index is 1600. The summed E-state index contributed by atoms with van der Waals surface area (Å²) < 4.78 is 50.4. The Morgan fingerprint density at radius 3 is 2.42 bits per heavy atom. The van der Waals surface area contributed by atoms with Crippen molar-refractivity contribution in [3.8, 4) is 22.8 Å². The number of hydrogen-bond donors (Lipinski definition) is 1. The number of aromatic nitrogens is 5. The van der Waals surface area contributed by atoms with Gasteiger partial charge in [0.2, 0.25) is 0 Å². The van der Waals surface area contributed by atoms with Gasteiger partial charge in [0.15, 0.2) is 17.5 Å². The highest BCUT2D eigenvalue weighted by molar-refractivity contribution is 5.61. The summed E-state index contributed by atoms with van der Waals surface area (Å²) in [6, 6.07) is 3.69. The van der Waals surface area contributed by atoms with Gasteiger partial charge in [-0.05, 0) is 53.2 Å². The number of halogens is 3. The van der Waals surface area contributed by atoms with Crippen LogP contribution >= 0.6 is 0 Å². The van der Waals surface area contributed by atoms with Crippen LogP contribution in [0.1, 0.15) is 55.2 Å². The molecule has 11 heteroatoms. The number of nitrogens with zero attached hydrogens (tertiary/aromatic N) is 5. The Labute approximate surface area is 216 Å². The van der Waals surface area contributed by atoms with Gasteiger partial charge in [-0.2, -0.15) is 0 Å². The van der Waals surface area contributed by atoms with E-state index in [4.69, 9.17) is 4.74 Å². The van der Waals surface area contributed by atoms with Crippen LogP contribution in [0.3, 0.4) is 0 Å². The molecule has 4 heterocycles. The van der Waals surface area contributed by atoms with E-state index in [1.807, 2.05) is 0 Å². The Balaban J connectivity index is 1.80. The molecule has 0 aliphatic heterocycles. The van der Waals surface area contributed by atoms with Crippen LogP contribution in [0.25, 0.3) is 17.1 Å². The summed E-state index contributed by atoms with van der Waals surface area (Å²) in [5.74, 6) is -2.24. The standard InChI is InChI=1S/C27H26F3N5O3/c1-13-11-32-23(19-7-8-31-26(34-19)27(5,6)37)21(30)24(13)35-14(2)9-20(15(3)25(35)36)38-16(4)22-18(29)10-17(28)12-33-22/h7-12,16,37H,1-6H3. The predicted molar refractivity (Wildman–Crippen MR) is 133 cm³/mol. The van der Waals surface area contributed by atoms with Crippen molar-refractivity contribution in [2.75, 3.05) is 0 Å². The molecule has 8 nitrogen and oxygen atoms in total. The summed E-state index contributed by atoms with van der Waals surface area (Å²) >= 11 is 0. The van der Waals surface area contributed by atoms with Crippen LogP contribution in [0.15, 0.2) is 41.6 Å². The molecule has 1 unspecified atom stereocenters. The van der Waals surface area contributed by atoms with Crippen molar-refractivity contribution >= 4 is 0 Å². The number of rotatable bonds is 6. The third-order valence-corrected chi connectivity index (χ3v) is 5.96. The van der Waals surface area contributed by atoms with Gasteiger partial charge >= 0.3 is 0 Å². The molecule has 4 aromatic rings. The van der Waals surface area contributed by atoms with Gasteiger partial charge in [-0.15, -0.1) is 0 Å². The van der Waals surface area contributed by atoms with Crippen LogP contribution in [0.4, 0.5) is 13.2 Å². The molecule has 0 saturated carbocycles. The van der Waals surface area contributed by atoms with Crippen LogP contribution < -0.4 is 10.3 Å². The first-order chi connectivity index (χ1) is 17.8. The lowest BCUT2D eigenvalue weighted by Gasteiger charge is -2.20. The first-order valence-electron chi connectivity index (χ1n) is 11.7. The average molecular weight is 526 g/mol. The zero-order valence-electron chi connectivity index (χ0n) is 21.7. The molecule has 4 rings (SSSR count). The van der Waals surface area contributed by atoms with E-state index in [9.17, 15) is 18.7 Å². The van der Waals surface area contributed by atoms with Crippen molar-refractivity contribution in [3.63, 3.8) is 0 Å². The summed E-state index contributed by atoms with van der Waals surface area (Å²) in [7, 11) is 0. The summed E-state index contributed by atoms with van der Waals surface area (Å²) in [6.45, 7) is 9.26. The third-order valence-electron chi connectivity index (χ3n) is 5.96. The minimum atomic E-state index is -1.36. The first kappa shape index (κ1) is 26.9. The highest BCUT2D eigenvalue weighted by Gasteiger charge is 2.25. The lowest BCUT2D eigenvalue weighted by atomic mass is 10.1. The number of ether oxygens (including phenoxy) is 1. The fraction of sp³-hybridized carbons (Fsp3) is 0.296. The molecule has 4 aromatic heterocycles. The van der Waals surface area contributed by atoms with Crippen LogP contribution in [0, 0.1) is 38.2 Å². The van der Waals surface area contributed by atoms with Crippen LogP contribution in [-0.4, -0.2) is 29.6 Å². The third kappa shape index (κ3) is 5.01. The second kappa shape index (κ2) is 9.97. The molecule has 0 spiro atoms. The Morgan fingerprint density at radius 1 is 1.05 bits per heavy atom. The van der Waals surface area contributed by atoms with Crippen molar-refractivity contribution in [1.82, 2.24) is 24.5 Å². The largest absolute Gasteiger partial charge is 0.484 e. The normalized spacial score (nSPS) is 12.5. The van der Waals surface area contributed by atoms with E-state index in [2.05, 4.69) is 19.9 Å². The van der Waals surface area contributed by atoms with Gasteiger partial charge in [-0.1, -0.05) is 0 Å². The molecule has 0 bridgehead atoms. The minimum Gasteiger partial charge on any atom is -0.484 e. The smallest absolute Gasteiger partial charge is 0.262 e. The Hall–Kier alpha value is -4.12. The Morgan fingerprint density at radius 2 is 1.76 bits per heavy atom. The molecule has 0 aromatic carbocycles. The second-order valence-electron chi connectivity index (χ2n) is 9.47. The number of aryl methyl sites for hydroxylation is 2. The molecule has 1 atom stereocenters. The van der Waals surface area contributed by atoms with Gasteiger partial charge in [0.1, 0.15) is 34.7 Å². The lowest BCUT2D eigenvalue weighted by molar-refractivity contribution is 0.0688. The lowest BCUT2D eigenvalue weighted by Crippen LogP contribution is -2.26. The molecule has 0 saturated heterocycles. The zero-order chi connectivity index (χ0) is 27.9. The van der Waals surface area contributed by atoms with Crippen molar-refractivity contribution < 1.29 is 23.0 Å². The highest BCUT2D eigenvalue weighted by Crippen LogP contribution is 2.30. The maximum atomic E-state index is 16.0. The van der Waals surface area contributed by atoms with E-state index in [-0.39, 0.29) is 39.9 Å². The van der Waals surface area contributed by atoms with E-state index in [0.29, 0.717) is 17.3 Å². The second-order valence-corrected chi connectivity index (χ2v) is 9.47. The number of hydrogen-bond acceptors (Lipinski definition) is 7. The van der Waals surface area contributed by atoms with E-state index in [1.54, 1.807) is 13.8 Å². The first-order valence-corrected chi connectivity index (χ1v) is 11.7. The fourth-order valence-electron chi connectivity index (χ4n) is 3.97. The van der Waals surface area contributed by atoms with Gasteiger partial charge in [0, 0.05) is 30.2 Å². The molecule has 0 radical (unpaired) electrons. The van der Waals surface area contributed by atoms with Crippen molar-refractivity contribution in [2.24, 2.45) is 0 Å². The monoisotopic (exact) mass is 525 g/mol. The molecule has 0 aliphatic carbocycles. The van der Waals surface area contributed by atoms with Gasteiger partial charge < -0.3 is 9.84 Å². The van der Waals surface area contributed by atoms with Crippen molar-refractivity contribution in [3.05, 3.63) is 92.9 Å². The van der Waals surface area contributed by atoms with Crippen LogP contribution in [0.2, 0.25) is 0 Å². The summed E-state index contributed by atoms with van der Waals surface area (Å²) in [5, 5.41) is 10.3. The van der Waals surface area contributed by atoms with Crippen molar-refractivity contribution in [1.29, 1.82) is 0 Å². The molecule has 1 N–H and O–H groups in total. The van der Waals surface area contributed by atoms with Gasteiger partial charge in [-0.25, -0.2) is 23.1 Å². The maximum absolute atomic E-state index is 16.0. The molecule has 0 aliphatic rings. The average Bonchev–Trinajstić information content (AvgIpc) is 2.84. The summed E-state index contributed by atoms with van der Waals surface area (Å²) in [6.07, 6.45) is 2.77. The van der Waals surface area contributed by atoms with Crippen molar-refractivity contribution in [2.45, 2.75) is 53.2 Å². The molecule has 38 heavy (non-hydrogen) atoms. The van der Waals surface area contributed by atoms with Crippen LogP contribution in [0.5, 0.6) is 5.75 Å².